The van der Waals surface area contributed by atoms with E-state index in [4.69, 9.17) is 4.74 Å². The molecule has 2 heteroatoms. The topological polar surface area (TPSA) is 12.5 Å². The van der Waals surface area contributed by atoms with E-state index in [-0.39, 0.29) is 0 Å². The highest BCUT2D eigenvalue weighted by Crippen LogP contribution is 2.51. The maximum absolute atomic E-state index is 5.53. The van der Waals surface area contributed by atoms with E-state index in [0.717, 1.165) is 23.5 Å². The summed E-state index contributed by atoms with van der Waals surface area (Å²) in [6.45, 7) is 6.43. The fourth-order valence-corrected chi connectivity index (χ4v) is 5.62. The molecule has 0 N–H and O–H groups in total. The maximum Gasteiger partial charge on any atom is 0.119 e. The van der Waals surface area contributed by atoms with Crippen molar-refractivity contribution < 1.29 is 4.74 Å². The molecule has 0 aromatic heterocycles. The van der Waals surface area contributed by atoms with Crippen LogP contribution < -0.4 is 4.74 Å². The number of hydrogen-bond acceptors (Lipinski definition) is 2. The van der Waals surface area contributed by atoms with Crippen molar-refractivity contribution in [3.8, 4) is 5.75 Å². The van der Waals surface area contributed by atoms with Crippen LogP contribution in [0.15, 0.2) is 24.3 Å². The fraction of sp³-hybridized carbons (Fsp3) is 0.727. The number of piperidine rings is 1. The van der Waals surface area contributed by atoms with E-state index in [9.17, 15) is 0 Å². The molecule has 2 saturated carbocycles. The van der Waals surface area contributed by atoms with E-state index >= 15 is 0 Å². The van der Waals surface area contributed by atoms with Crippen LogP contribution in [-0.2, 0) is 5.41 Å². The average molecular weight is 328 g/mol. The zero-order valence-electron chi connectivity index (χ0n) is 15.5. The van der Waals surface area contributed by atoms with Gasteiger partial charge in [-0.1, -0.05) is 31.9 Å². The second-order valence-electron chi connectivity index (χ2n) is 8.78. The molecule has 1 heterocycles. The molecule has 1 saturated heterocycles. The van der Waals surface area contributed by atoms with E-state index < -0.39 is 0 Å². The Morgan fingerprint density at radius 1 is 1.21 bits per heavy atom. The lowest BCUT2D eigenvalue weighted by molar-refractivity contribution is 0.0248. The van der Waals surface area contributed by atoms with Crippen molar-refractivity contribution in [1.29, 1.82) is 0 Å². The highest BCUT2D eigenvalue weighted by atomic mass is 16.5. The van der Waals surface area contributed by atoms with E-state index in [1.807, 2.05) is 0 Å². The molecule has 3 unspecified atom stereocenters. The largest absolute Gasteiger partial charge is 0.497 e. The van der Waals surface area contributed by atoms with Gasteiger partial charge in [0.15, 0.2) is 0 Å². The molecular formula is C22H33NO. The molecule has 0 bridgehead atoms. The molecule has 24 heavy (non-hydrogen) atoms. The minimum absolute atomic E-state index is 0.391. The first-order chi connectivity index (χ1) is 11.7. The van der Waals surface area contributed by atoms with Crippen LogP contribution in [0, 0.1) is 17.8 Å². The molecule has 132 valence electrons. The molecule has 1 aromatic rings. The fourth-order valence-electron chi connectivity index (χ4n) is 5.62. The van der Waals surface area contributed by atoms with E-state index in [1.165, 1.54) is 64.6 Å². The minimum Gasteiger partial charge on any atom is -0.497 e. The summed E-state index contributed by atoms with van der Waals surface area (Å²) in [5.74, 6) is 3.70. The van der Waals surface area contributed by atoms with Crippen LogP contribution in [0.3, 0.4) is 0 Å². The van der Waals surface area contributed by atoms with Crippen molar-refractivity contribution in [3.05, 3.63) is 29.8 Å². The lowest BCUT2D eigenvalue weighted by Gasteiger charge is -2.53. The lowest BCUT2D eigenvalue weighted by atomic mass is 9.57. The zero-order chi connectivity index (χ0) is 16.6. The molecule has 1 aliphatic heterocycles. The summed E-state index contributed by atoms with van der Waals surface area (Å²) in [7, 11) is 1.79. The average Bonchev–Trinajstić information content (AvgIpc) is 2.58. The van der Waals surface area contributed by atoms with Crippen LogP contribution in [0.5, 0.6) is 5.75 Å². The Bertz CT molecular complexity index is 567. The molecule has 4 rings (SSSR count). The number of likely N-dealkylation sites (tertiary alicyclic amines) is 1. The number of fused-ring (bicyclic) bond motifs is 1. The third kappa shape index (κ3) is 2.98. The van der Waals surface area contributed by atoms with Crippen molar-refractivity contribution in [1.82, 2.24) is 4.90 Å². The smallest absolute Gasteiger partial charge is 0.119 e. The SMILES string of the molecule is COc1cccc(C23CCN(CC4CCC4)CC2CCC(C)C3)c1. The summed E-state index contributed by atoms with van der Waals surface area (Å²) in [4.78, 5) is 2.79. The number of benzene rings is 1. The highest BCUT2D eigenvalue weighted by Gasteiger charge is 2.47. The first-order valence-corrected chi connectivity index (χ1v) is 10.1. The van der Waals surface area contributed by atoms with Gasteiger partial charge in [-0.15, -0.1) is 0 Å². The van der Waals surface area contributed by atoms with Crippen LogP contribution in [-0.4, -0.2) is 31.6 Å². The Kier molecular flexibility index (Phi) is 4.60. The monoisotopic (exact) mass is 327 g/mol. The van der Waals surface area contributed by atoms with Crippen molar-refractivity contribution in [2.45, 2.75) is 57.3 Å². The van der Waals surface area contributed by atoms with Gasteiger partial charge in [-0.3, -0.25) is 0 Å². The van der Waals surface area contributed by atoms with Crippen LogP contribution in [0.1, 0.15) is 57.4 Å². The predicted molar refractivity (Wildman–Crippen MR) is 99.6 cm³/mol. The van der Waals surface area contributed by atoms with Crippen molar-refractivity contribution in [3.63, 3.8) is 0 Å². The third-order valence-electron chi connectivity index (χ3n) is 7.24. The van der Waals surface area contributed by atoms with Crippen molar-refractivity contribution in [2.24, 2.45) is 17.8 Å². The van der Waals surface area contributed by atoms with Crippen LogP contribution in [0.4, 0.5) is 0 Å². The van der Waals surface area contributed by atoms with Gasteiger partial charge >= 0.3 is 0 Å². The van der Waals surface area contributed by atoms with Gasteiger partial charge in [-0.2, -0.15) is 0 Å². The van der Waals surface area contributed by atoms with Gasteiger partial charge in [0.2, 0.25) is 0 Å². The third-order valence-corrected chi connectivity index (χ3v) is 7.24. The predicted octanol–water partition coefficient (Wildman–Crippen LogP) is 4.88. The highest BCUT2D eigenvalue weighted by molar-refractivity contribution is 5.36. The van der Waals surface area contributed by atoms with E-state index in [1.54, 1.807) is 12.7 Å². The lowest BCUT2D eigenvalue weighted by Crippen LogP contribution is -2.53. The van der Waals surface area contributed by atoms with Gasteiger partial charge in [-0.05, 0) is 74.1 Å². The van der Waals surface area contributed by atoms with Crippen molar-refractivity contribution in [2.75, 3.05) is 26.7 Å². The Balaban J connectivity index is 1.57. The number of ether oxygens (including phenoxy) is 1. The van der Waals surface area contributed by atoms with Gasteiger partial charge in [0.05, 0.1) is 7.11 Å². The molecule has 1 aromatic carbocycles. The summed E-state index contributed by atoms with van der Waals surface area (Å²) >= 11 is 0. The Morgan fingerprint density at radius 3 is 2.83 bits per heavy atom. The quantitative estimate of drug-likeness (QED) is 0.782. The molecule has 2 nitrogen and oxygen atoms in total. The van der Waals surface area contributed by atoms with Crippen LogP contribution >= 0.6 is 0 Å². The molecule has 3 fully saturated rings. The molecule has 0 amide bonds. The number of hydrogen-bond donors (Lipinski definition) is 0. The molecule has 2 aliphatic carbocycles. The molecule has 3 atom stereocenters. The molecule has 3 aliphatic rings. The summed E-state index contributed by atoms with van der Waals surface area (Å²) in [5, 5.41) is 0. The second-order valence-corrected chi connectivity index (χ2v) is 8.78. The van der Waals surface area contributed by atoms with Crippen LogP contribution in [0.25, 0.3) is 0 Å². The van der Waals surface area contributed by atoms with Gasteiger partial charge in [0.25, 0.3) is 0 Å². The Morgan fingerprint density at radius 2 is 2.08 bits per heavy atom. The minimum atomic E-state index is 0.391. The summed E-state index contributed by atoms with van der Waals surface area (Å²) in [6.07, 6.45) is 9.92. The second kappa shape index (κ2) is 6.71. The van der Waals surface area contributed by atoms with Crippen molar-refractivity contribution >= 4 is 0 Å². The summed E-state index contributed by atoms with van der Waals surface area (Å²) in [5.41, 5.74) is 1.93. The summed E-state index contributed by atoms with van der Waals surface area (Å²) < 4.78 is 5.53. The van der Waals surface area contributed by atoms with E-state index in [2.05, 4.69) is 36.1 Å². The summed E-state index contributed by atoms with van der Waals surface area (Å²) in [6, 6.07) is 8.98. The Hall–Kier alpha value is -1.02. The molecule has 0 radical (unpaired) electrons. The standard InChI is InChI=1S/C22H33NO/c1-17-9-10-20-16-23(15-18-5-3-6-18)12-11-22(20,14-17)19-7-4-8-21(13-19)24-2/h4,7-8,13,17-18,20H,3,5-6,9-12,14-16H2,1-2H3. The normalized spacial score (nSPS) is 34.4. The zero-order valence-corrected chi connectivity index (χ0v) is 15.5. The number of nitrogens with zero attached hydrogens (tertiary/aromatic N) is 1. The number of rotatable bonds is 4. The molecular weight excluding hydrogens is 294 g/mol. The Labute approximate surface area is 147 Å². The maximum atomic E-state index is 5.53. The number of methoxy groups -OCH3 is 1. The first kappa shape index (κ1) is 16.4. The van der Waals surface area contributed by atoms with E-state index in [0.29, 0.717) is 5.41 Å². The van der Waals surface area contributed by atoms with Crippen LogP contribution in [0.2, 0.25) is 0 Å². The first-order valence-electron chi connectivity index (χ1n) is 10.1. The van der Waals surface area contributed by atoms with Gasteiger partial charge in [0.1, 0.15) is 5.75 Å². The molecule has 0 spiro atoms. The van der Waals surface area contributed by atoms with Gasteiger partial charge in [-0.25, -0.2) is 0 Å². The van der Waals surface area contributed by atoms with Gasteiger partial charge in [0, 0.05) is 18.5 Å². The van der Waals surface area contributed by atoms with Gasteiger partial charge < -0.3 is 9.64 Å².